The first-order valence-electron chi connectivity index (χ1n) is 38.6. The molecule has 4 aliphatic heterocycles. The van der Waals surface area contributed by atoms with Crippen molar-refractivity contribution in [2.75, 3.05) is 13.2 Å². The molecule has 112 heavy (non-hydrogen) atoms. The number of phosphoric ester groups is 2. The van der Waals surface area contributed by atoms with Crippen LogP contribution in [0.5, 0.6) is 0 Å². The standard InChI is InChI=1S/C80H112N2O27P2.CH4/c1-12-50(8)38-68(88)105-74-53(11)62(103-78(70(74)81-64(84)40-59(15-4)101-66(86)17-6)109-111(93,97-44-55-32-24-20-25-33-55)98-45-56-34-26-21-27-35-56)48-94-77-71(82-65(85)41-60(16-5)102-67(87)18-7)76(106-69(89)39-51(9)13-2)75(108-110(92)99-46-57-36-28-29-37-58(57)47-100-110)63(104-77)49-96-80(79(91)95-43-54-30-22-19-23-31-54)42-61(83)72(90)73(107-80)52(10)14-3;/h19-37,50-53,59-63,70-78,83,90H,12-18,38-49H2,1-11H3,(H,81,84)(H,82,85);1H4/t50-,51-,52-,53-,59-,60-,61-,62?,63?,70?,71?,72-,73?,74+,75-,76-,77-,78-,80-;/m1./s1. The second-order valence-electron chi connectivity index (χ2n) is 28.7. The van der Waals surface area contributed by atoms with E-state index in [0.29, 0.717) is 47.1 Å². The monoisotopic (exact) mass is 1610 g/mol. The van der Waals surface area contributed by atoms with E-state index in [2.05, 4.69) is 10.6 Å². The summed E-state index contributed by atoms with van der Waals surface area (Å²) >= 11 is 0. The second-order valence-corrected chi connectivity index (χ2v) is 32.0. The van der Waals surface area contributed by atoms with Gasteiger partial charge in [-0.1, -0.05) is 218 Å². The number of nitrogens with one attached hydrogen (secondary N) is 2. The van der Waals surface area contributed by atoms with Crippen LogP contribution < -0.4 is 10.6 Å². The molecule has 0 bridgehead atoms. The zero-order chi connectivity index (χ0) is 80.4. The first kappa shape index (κ1) is 92.3. The molecule has 0 saturated carbocycles. The molecule has 4 N–H and O–H groups in total. The van der Waals surface area contributed by atoms with E-state index in [0.717, 1.165) is 0 Å². The molecule has 0 spiro atoms. The van der Waals surface area contributed by atoms with Crippen LogP contribution >= 0.6 is 15.6 Å². The Labute approximate surface area is 657 Å². The molecule has 5 unspecified atom stereocenters. The van der Waals surface area contributed by atoms with Gasteiger partial charge in [0.15, 0.2) is 18.7 Å². The molecular formula is C81H116N2O27P2. The van der Waals surface area contributed by atoms with Gasteiger partial charge in [0.25, 0.3) is 5.79 Å². The van der Waals surface area contributed by atoms with E-state index in [1.165, 1.54) is 0 Å². The number of fused-ring (bicyclic) bond motifs is 1. The van der Waals surface area contributed by atoms with Gasteiger partial charge >= 0.3 is 45.5 Å². The lowest BCUT2D eigenvalue weighted by Crippen LogP contribution is -2.68. The van der Waals surface area contributed by atoms with Crippen LogP contribution in [0.2, 0.25) is 0 Å². The van der Waals surface area contributed by atoms with Crippen LogP contribution in [0, 0.1) is 23.7 Å². The van der Waals surface area contributed by atoms with E-state index in [1.807, 2.05) is 27.7 Å². The third-order valence-electron chi connectivity index (χ3n) is 20.2. The van der Waals surface area contributed by atoms with E-state index >= 15 is 18.7 Å². The predicted molar refractivity (Wildman–Crippen MR) is 407 cm³/mol. The molecule has 19 atom stereocenters. The van der Waals surface area contributed by atoms with Gasteiger partial charge < -0.3 is 68.2 Å². The van der Waals surface area contributed by atoms with Crippen LogP contribution in [-0.4, -0.2) is 157 Å². The first-order chi connectivity index (χ1) is 53.2. The van der Waals surface area contributed by atoms with Crippen LogP contribution in [0.25, 0.3) is 0 Å². The highest BCUT2D eigenvalue weighted by atomic mass is 31.2. The van der Waals surface area contributed by atoms with Crippen molar-refractivity contribution in [3.8, 4) is 0 Å². The number of ether oxygens (including phenoxy) is 10. The molecular weight excluding hydrogens is 1490 g/mol. The van der Waals surface area contributed by atoms with Gasteiger partial charge in [0.05, 0.1) is 70.8 Å². The summed E-state index contributed by atoms with van der Waals surface area (Å²) in [5.41, 5.74) is 2.82. The molecule has 622 valence electrons. The van der Waals surface area contributed by atoms with E-state index < -0.39 is 193 Å². The van der Waals surface area contributed by atoms with Crippen molar-refractivity contribution in [2.24, 2.45) is 23.7 Å². The normalized spacial score (nSPS) is 26.3. The number of hydrogen-bond donors (Lipinski definition) is 4. The average Bonchev–Trinajstić information content (AvgIpc) is 0.907. The van der Waals surface area contributed by atoms with Crippen molar-refractivity contribution in [1.29, 1.82) is 0 Å². The van der Waals surface area contributed by atoms with E-state index in [1.54, 1.807) is 164 Å². The maximum Gasteiger partial charge on any atom is 0.477 e. The minimum absolute atomic E-state index is 0. The minimum Gasteiger partial charge on any atom is -0.462 e. The summed E-state index contributed by atoms with van der Waals surface area (Å²) in [7, 11) is -9.93. The van der Waals surface area contributed by atoms with Crippen molar-refractivity contribution in [1.82, 2.24) is 10.6 Å². The summed E-state index contributed by atoms with van der Waals surface area (Å²) in [5.74, 6) is -10.2. The third kappa shape index (κ3) is 26.8. The largest absolute Gasteiger partial charge is 0.477 e. The summed E-state index contributed by atoms with van der Waals surface area (Å²) in [6, 6.07) is 29.6. The SMILES string of the molecule is C.CCC(=O)O[C@H](CC)CC(=O)NC1[C@@H](OP(=O)(OCc2ccccc2)OCc2ccccc2)OC(CO[C@@H]2OC(CO[C@]3(C(=O)OCc4ccccc4)C[C@@H](O)[C@@H](O)C([C@H](C)CC)O3)[C@@H](OP3(=O)OCc4ccccc4CO3)[C@H](OC(=O)C[C@H](C)CC)C2NC(=O)C[C@@H](CC)OC(=O)CC)[C@@H](C)[C@@H]1OC(=O)C[C@H](C)CC. The lowest BCUT2D eigenvalue weighted by Gasteiger charge is -2.49. The van der Waals surface area contributed by atoms with Gasteiger partial charge in [0, 0.05) is 38.0 Å². The first-order valence-corrected chi connectivity index (χ1v) is 41.6. The number of rotatable bonds is 41. The van der Waals surface area contributed by atoms with Crippen molar-refractivity contribution in [3.05, 3.63) is 143 Å². The highest BCUT2D eigenvalue weighted by Crippen LogP contribution is 2.56. The predicted octanol–water partition coefficient (Wildman–Crippen LogP) is 12.4. The highest BCUT2D eigenvalue weighted by molar-refractivity contribution is 7.48. The number of esters is 5. The number of hydrogen-bond acceptors (Lipinski definition) is 27. The van der Waals surface area contributed by atoms with E-state index in [9.17, 15) is 34.2 Å². The van der Waals surface area contributed by atoms with E-state index in [-0.39, 0.29) is 90.8 Å². The Hall–Kier alpha value is -6.89. The Kier molecular flexibility index (Phi) is 36.9. The van der Waals surface area contributed by atoms with Gasteiger partial charge in [-0.05, 0) is 58.4 Å². The van der Waals surface area contributed by atoms with Crippen LogP contribution in [0.15, 0.2) is 115 Å². The molecule has 0 aliphatic carbocycles. The fourth-order valence-corrected chi connectivity index (χ4v) is 15.3. The zero-order valence-electron chi connectivity index (χ0n) is 65.3. The molecule has 0 aromatic heterocycles. The molecule has 4 heterocycles. The lowest BCUT2D eigenvalue weighted by atomic mass is 9.87. The summed E-state index contributed by atoms with van der Waals surface area (Å²) in [6.07, 6.45) is -19.2. The van der Waals surface area contributed by atoms with Gasteiger partial charge in [-0.15, -0.1) is 0 Å². The maximum absolute atomic E-state index is 15.7. The van der Waals surface area contributed by atoms with Crippen LogP contribution in [0.1, 0.15) is 188 Å². The van der Waals surface area contributed by atoms with Gasteiger partial charge in [-0.3, -0.25) is 55.9 Å². The minimum atomic E-state index is -4.97. The number of aliphatic hydroxyl groups is 2. The number of aliphatic hydroxyl groups excluding tert-OH is 2. The Morgan fingerprint density at radius 1 is 0.571 bits per heavy atom. The van der Waals surface area contributed by atoms with Crippen molar-refractivity contribution >= 4 is 57.3 Å². The molecule has 4 aromatic carbocycles. The number of phosphoric acid groups is 2. The Balaban J connectivity index is 0.0000174. The van der Waals surface area contributed by atoms with Crippen LogP contribution in [0.4, 0.5) is 0 Å². The summed E-state index contributed by atoms with van der Waals surface area (Å²) in [6.45, 7) is 15.9. The molecule has 2 amide bonds. The fraction of sp³-hybridized carbons (Fsp3) is 0.617. The van der Waals surface area contributed by atoms with Gasteiger partial charge in [-0.25, -0.2) is 13.9 Å². The number of carbonyl (C=O) groups is 7. The van der Waals surface area contributed by atoms with E-state index in [4.69, 9.17) is 74.5 Å². The molecule has 29 nitrogen and oxygen atoms in total. The lowest BCUT2D eigenvalue weighted by molar-refractivity contribution is -0.338. The Morgan fingerprint density at radius 3 is 1.51 bits per heavy atom. The summed E-state index contributed by atoms with van der Waals surface area (Å²) in [4.78, 5) is 99.7. The molecule has 3 fully saturated rings. The highest BCUT2D eigenvalue weighted by Gasteiger charge is 2.59. The quantitative estimate of drug-likeness (QED) is 0.0182. The zero-order valence-corrected chi connectivity index (χ0v) is 67.1. The molecule has 0 radical (unpaired) electrons. The van der Waals surface area contributed by atoms with Gasteiger partial charge in [0.1, 0.15) is 55.3 Å². The molecule has 4 aromatic rings. The van der Waals surface area contributed by atoms with Crippen molar-refractivity contribution in [3.63, 3.8) is 0 Å². The van der Waals surface area contributed by atoms with Crippen molar-refractivity contribution in [2.45, 2.75) is 285 Å². The van der Waals surface area contributed by atoms with Gasteiger partial charge in [-0.2, -0.15) is 0 Å². The molecule has 8 rings (SSSR count). The Morgan fingerprint density at radius 2 is 1.04 bits per heavy atom. The summed E-state index contributed by atoms with van der Waals surface area (Å²) < 4.78 is 133. The maximum atomic E-state index is 15.7. The third-order valence-corrected chi connectivity index (χ3v) is 23.0. The topological polar surface area (TPSA) is 366 Å². The number of amides is 2. The second kappa shape index (κ2) is 44.8. The van der Waals surface area contributed by atoms with Crippen LogP contribution in [-0.2, 0) is 150 Å². The molecule has 4 aliphatic rings. The average molecular weight is 1610 g/mol. The van der Waals surface area contributed by atoms with Gasteiger partial charge in [0.2, 0.25) is 11.8 Å². The van der Waals surface area contributed by atoms with Crippen molar-refractivity contribution < 1.29 is 127 Å². The van der Waals surface area contributed by atoms with Crippen LogP contribution in [0.3, 0.4) is 0 Å². The number of carbonyl (C=O) groups excluding carboxylic acids is 7. The molecule has 3 saturated heterocycles. The molecule has 31 heteroatoms. The number of benzene rings is 4. The smallest absolute Gasteiger partial charge is 0.462 e. The fourth-order valence-electron chi connectivity index (χ4n) is 12.8. The Bertz CT molecular complexity index is 3640. The summed E-state index contributed by atoms with van der Waals surface area (Å²) in [5, 5.41) is 29.2.